The predicted molar refractivity (Wildman–Crippen MR) is 62.2 cm³/mol. The number of methoxy groups -OCH3 is 1. The van der Waals surface area contributed by atoms with E-state index in [0.29, 0.717) is 13.2 Å². The van der Waals surface area contributed by atoms with Crippen molar-refractivity contribution in [2.75, 3.05) is 33.9 Å². The van der Waals surface area contributed by atoms with E-state index in [1.807, 2.05) is 13.8 Å². The summed E-state index contributed by atoms with van der Waals surface area (Å²) >= 11 is 0. The molecule has 0 aromatic carbocycles. The molecule has 2 heterocycles. The molecule has 18 heavy (non-hydrogen) atoms. The average molecular weight is 262 g/mol. The van der Waals surface area contributed by atoms with E-state index in [0.717, 1.165) is 0 Å². The minimum Gasteiger partial charge on any atom is -0.382 e. The molecule has 6 nitrogen and oxygen atoms in total. The van der Waals surface area contributed by atoms with Crippen molar-refractivity contribution < 1.29 is 28.4 Å². The van der Waals surface area contributed by atoms with Gasteiger partial charge in [0.25, 0.3) is 0 Å². The lowest BCUT2D eigenvalue weighted by Gasteiger charge is -2.43. The van der Waals surface area contributed by atoms with Crippen molar-refractivity contribution in [2.24, 2.45) is 0 Å². The zero-order valence-corrected chi connectivity index (χ0v) is 11.2. The normalized spacial score (nSPS) is 36.7. The number of fused-ring (bicyclic) bond motifs is 1. The molecular formula is C12H22O6. The zero-order valence-electron chi connectivity index (χ0n) is 11.2. The zero-order chi connectivity index (χ0) is 13.0. The van der Waals surface area contributed by atoms with Crippen LogP contribution < -0.4 is 0 Å². The van der Waals surface area contributed by atoms with Gasteiger partial charge in [0, 0.05) is 7.11 Å². The van der Waals surface area contributed by atoms with E-state index in [9.17, 15) is 0 Å². The Kier molecular flexibility index (Phi) is 5.35. The Morgan fingerprint density at radius 3 is 2.00 bits per heavy atom. The van der Waals surface area contributed by atoms with Crippen molar-refractivity contribution in [2.45, 2.75) is 44.4 Å². The van der Waals surface area contributed by atoms with Crippen LogP contribution in [-0.2, 0) is 28.4 Å². The summed E-state index contributed by atoms with van der Waals surface area (Å²) in [5.41, 5.74) is 0. The summed E-state index contributed by atoms with van der Waals surface area (Å²) < 4.78 is 32.9. The van der Waals surface area contributed by atoms with Gasteiger partial charge in [0.05, 0.1) is 19.3 Å². The molecule has 2 fully saturated rings. The Morgan fingerprint density at radius 2 is 1.50 bits per heavy atom. The molecule has 0 aliphatic carbocycles. The summed E-state index contributed by atoms with van der Waals surface area (Å²) in [4.78, 5) is 0. The highest BCUT2D eigenvalue weighted by molar-refractivity contribution is 4.89. The first kappa shape index (κ1) is 14.2. The number of ether oxygens (including phenoxy) is 6. The lowest BCUT2D eigenvalue weighted by Crippen LogP contribution is -2.59. The quantitative estimate of drug-likeness (QED) is 0.721. The summed E-state index contributed by atoms with van der Waals surface area (Å²) in [5, 5.41) is 0. The largest absolute Gasteiger partial charge is 0.382 e. The van der Waals surface area contributed by atoms with Gasteiger partial charge in [-0.25, -0.2) is 0 Å². The molecule has 2 rings (SSSR count). The van der Waals surface area contributed by atoms with Gasteiger partial charge in [-0.3, -0.25) is 0 Å². The van der Waals surface area contributed by atoms with Crippen molar-refractivity contribution in [1.29, 1.82) is 0 Å². The van der Waals surface area contributed by atoms with Crippen molar-refractivity contribution in [3.05, 3.63) is 0 Å². The monoisotopic (exact) mass is 262 g/mol. The summed E-state index contributed by atoms with van der Waals surface area (Å²) in [5.74, 6) is 0. The molecule has 0 aromatic heterocycles. The fourth-order valence-corrected chi connectivity index (χ4v) is 2.17. The van der Waals surface area contributed by atoms with Crippen molar-refractivity contribution >= 4 is 0 Å². The molecule has 0 saturated carbocycles. The second-order valence-corrected chi connectivity index (χ2v) is 4.75. The van der Waals surface area contributed by atoms with Gasteiger partial charge in [-0.05, 0) is 13.8 Å². The number of hydrogen-bond donors (Lipinski definition) is 0. The maximum atomic E-state index is 5.60. The Bertz CT molecular complexity index is 245. The highest BCUT2D eigenvalue weighted by Gasteiger charge is 2.44. The smallest absolute Gasteiger partial charge is 0.147 e. The fraction of sp³-hybridized carbons (Fsp3) is 1.00. The first-order valence-corrected chi connectivity index (χ1v) is 6.29. The summed E-state index contributed by atoms with van der Waals surface area (Å²) in [6.07, 6.45) is -0.377. The third-order valence-corrected chi connectivity index (χ3v) is 3.07. The topological polar surface area (TPSA) is 55.4 Å². The number of rotatable bonds is 5. The third kappa shape index (κ3) is 3.40. The van der Waals surface area contributed by atoms with Gasteiger partial charge in [0.2, 0.25) is 0 Å². The van der Waals surface area contributed by atoms with Gasteiger partial charge in [-0.1, -0.05) is 0 Å². The molecule has 0 spiro atoms. The molecule has 0 N–H and O–H groups in total. The minimum atomic E-state index is -0.161. The van der Waals surface area contributed by atoms with Crippen LogP contribution in [0.25, 0.3) is 0 Å². The third-order valence-electron chi connectivity index (χ3n) is 3.07. The fourth-order valence-electron chi connectivity index (χ4n) is 2.17. The Labute approximate surface area is 107 Å². The average Bonchev–Trinajstić information content (AvgIpc) is 2.37. The summed E-state index contributed by atoms with van der Waals surface area (Å²) in [6, 6.07) is 0. The maximum Gasteiger partial charge on any atom is 0.147 e. The van der Waals surface area contributed by atoms with Crippen LogP contribution in [0.4, 0.5) is 0 Å². The van der Waals surface area contributed by atoms with Gasteiger partial charge in [-0.2, -0.15) is 0 Å². The van der Waals surface area contributed by atoms with Crippen LogP contribution in [-0.4, -0.2) is 64.4 Å². The van der Waals surface area contributed by atoms with Gasteiger partial charge < -0.3 is 28.4 Å². The first-order valence-electron chi connectivity index (χ1n) is 6.29. The van der Waals surface area contributed by atoms with Crippen molar-refractivity contribution in [1.82, 2.24) is 0 Å². The predicted octanol–water partition coefficient (Wildman–Crippen LogP) is 0.541. The molecule has 2 saturated heterocycles. The molecule has 0 radical (unpaired) electrons. The van der Waals surface area contributed by atoms with E-state index in [1.54, 1.807) is 7.11 Å². The summed E-state index contributed by atoms with van der Waals surface area (Å²) in [7, 11) is 1.65. The van der Waals surface area contributed by atoms with E-state index in [-0.39, 0.29) is 44.1 Å². The van der Waals surface area contributed by atoms with E-state index < -0.39 is 0 Å². The van der Waals surface area contributed by atoms with Crippen LogP contribution >= 0.6 is 0 Å². The first-order chi connectivity index (χ1) is 8.72. The van der Waals surface area contributed by atoms with Crippen LogP contribution in [0.3, 0.4) is 0 Å². The van der Waals surface area contributed by atoms with Gasteiger partial charge >= 0.3 is 0 Å². The van der Waals surface area contributed by atoms with E-state index in [2.05, 4.69) is 0 Å². The standard InChI is InChI=1S/C12H22O6/c1-8(2)14-5-10-12-11(17-7-16-10)9(4-13-3)15-6-18-12/h8-12H,4-7H2,1-3H3/t9-,10+,11-,12-/m1/s1. The minimum absolute atomic E-state index is 0.112. The second kappa shape index (κ2) is 6.79. The molecule has 106 valence electrons. The van der Waals surface area contributed by atoms with Gasteiger partial charge in [0.1, 0.15) is 38.0 Å². The highest BCUT2D eigenvalue weighted by atomic mass is 16.8. The van der Waals surface area contributed by atoms with E-state index in [4.69, 9.17) is 28.4 Å². The number of hydrogen-bond acceptors (Lipinski definition) is 6. The van der Waals surface area contributed by atoms with Crippen LogP contribution in [0.15, 0.2) is 0 Å². The van der Waals surface area contributed by atoms with Crippen molar-refractivity contribution in [3.8, 4) is 0 Å². The van der Waals surface area contributed by atoms with Gasteiger partial charge in [0.15, 0.2) is 0 Å². The lowest BCUT2D eigenvalue weighted by atomic mass is 10.0. The molecule has 4 atom stereocenters. The second-order valence-electron chi connectivity index (χ2n) is 4.75. The maximum absolute atomic E-state index is 5.60. The highest BCUT2D eigenvalue weighted by Crippen LogP contribution is 2.26. The van der Waals surface area contributed by atoms with Crippen LogP contribution in [0, 0.1) is 0 Å². The molecule has 2 aliphatic heterocycles. The Hall–Kier alpha value is -0.240. The SMILES string of the molecule is COC[C@H]1OCO[C@H]2[C@@H]1OCO[C@H]2COC(C)C. The Morgan fingerprint density at radius 1 is 0.944 bits per heavy atom. The van der Waals surface area contributed by atoms with Crippen LogP contribution in [0.5, 0.6) is 0 Å². The Balaban J connectivity index is 1.93. The van der Waals surface area contributed by atoms with Gasteiger partial charge in [-0.15, -0.1) is 0 Å². The van der Waals surface area contributed by atoms with E-state index in [1.165, 1.54) is 0 Å². The van der Waals surface area contributed by atoms with E-state index >= 15 is 0 Å². The molecule has 6 heteroatoms. The van der Waals surface area contributed by atoms with Crippen molar-refractivity contribution in [3.63, 3.8) is 0 Å². The molecule has 0 bridgehead atoms. The molecule has 2 aliphatic rings. The molecular weight excluding hydrogens is 240 g/mol. The molecule has 0 aromatic rings. The van der Waals surface area contributed by atoms with Crippen LogP contribution in [0.1, 0.15) is 13.8 Å². The summed E-state index contributed by atoms with van der Waals surface area (Å²) in [6.45, 7) is 5.45. The van der Waals surface area contributed by atoms with Crippen LogP contribution in [0.2, 0.25) is 0 Å². The lowest BCUT2D eigenvalue weighted by molar-refractivity contribution is -0.331. The molecule has 0 amide bonds. The molecule has 0 unspecified atom stereocenters.